The molecule has 0 bridgehead atoms. The quantitative estimate of drug-likeness (QED) is 0.557. The molecule has 1 aliphatic rings. The van der Waals surface area contributed by atoms with E-state index in [0.717, 1.165) is 17.1 Å². The normalized spacial score (nSPS) is 17.3. The first-order chi connectivity index (χ1) is 12.7. The van der Waals surface area contributed by atoms with Crippen LogP contribution in [0.5, 0.6) is 0 Å². The minimum absolute atomic E-state index is 0.118. The third-order valence-corrected chi connectivity index (χ3v) is 4.65. The fraction of sp³-hybridized carbons (Fsp3) is 0.300. The van der Waals surface area contributed by atoms with Crippen molar-refractivity contribution in [1.82, 2.24) is 15.3 Å². The SMILES string of the molecule is CC(CC(=N)Cc1ccccc1)N1C(Cc2ccccn2)=NNC1C=S. The molecule has 2 aromatic rings. The van der Waals surface area contributed by atoms with Gasteiger partial charge >= 0.3 is 0 Å². The Morgan fingerprint density at radius 2 is 2.04 bits per heavy atom. The van der Waals surface area contributed by atoms with E-state index in [2.05, 4.69) is 39.5 Å². The zero-order valence-corrected chi connectivity index (χ0v) is 15.6. The van der Waals surface area contributed by atoms with E-state index >= 15 is 0 Å². The smallest absolute Gasteiger partial charge is 0.146 e. The molecule has 1 aromatic carbocycles. The molecule has 6 heteroatoms. The highest BCUT2D eigenvalue weighted by Gasteiger charge is 2.30. The Kier molecular flexibility index (Phi) is 6.07. The van der Waals surface area contributed by atoms with Crippen molar-refractivity contribution < 1.29 is 0 Å². The molecule has 0 spiro atoms. The highest BCUT2D eigenvalue weighted by molar-refractivity contribution is 7.79. The number of benzene rings is 1. The van der Waals surface area contributed by atoms with Crippen LogP contribution >= 0.6 is 12.2 Å². The summed E-state index contributed by atoms with van der Waals surface area (Å²) in [7, 11) is 0. The molecule has 0 aliphatic carbocycles. The molecule has 0 saturated carbocycles. The van der Waals surface area contributed by atoms with Gasteiger partial charge in [-0.1, -0.05) is 48.6 Å². The number of pyridine rings is 1. The monoisotopic (exact) mass is 365 g/mol. The van der Waals surface area contributed by atoms with Gasteiger partial charge < -0.3 is 10.3 Å². The molecule has 0 amide bonds. The number of amidine groups is 1. The van der Waals surface area contributed by atoms with E-state index in [1.54, 1.807) is 11.6 Å². The van der Waals surface area contributed by atoms with Crippen molar-refractivity contribution >= 4 is 29.1 Å². The molecule has 2 heterocycles. The van der Waals surface area contributed by atoms with Gasteiger partial charge in [0.15, 0.2) is 0 Å². The summed E-state index contributed by atoms with van der Waals surface area (Å²) in [6, 6.07) is 16.1. The second-order valence-corrected chi connectivity index (χ2v) is 6.73. The maximum atomic E-state index is 8.39. The first-order valence-electron chi connectivity index (χ1n) is 8.73. The molecule has 1 aromatic heterocycles. The summed E-state index contributed by atoms with van der Waals surface area (Å²) in [5, 5.41) is 14.5. The van der Waals surface area contributed by atoms with E-state index in [9.17, 15) is 0 Å². The zero-order chi connectivity index (χ0) is 18.4. The van der Waals surface area contributed by atoms with Crippen LogP contribution in [0.4, 0.5) is 0 Å². The summed E-state index contributed by atoms with van der Waals surface area (Å²) in [5.74, 6) is 0.912. The second kappa shape index (κ2) is 8.67. The molecule has 2 unspecified atom stereocenters. The van der Waals surface area contributed by atoms with Crippen LogP contribution in [0.15, 0.2) is 59.8 Å². The van der Waals surface area contributed by atoms with Gasteiger partial charge in [-0.2, -0.15) is 5.10 Å². The molecule has 2 atom stereocenters. The Bertz CT molecular complexity index is 775. The molecular formula is C20H23N5S. The van der Waals surface area contributed by atoms with Crippen LogP contribution in [0.3, 0.4) is 0 Å². The topological polar surface area (TPSA) is 64.4 Å². The van der Waals surface area contributed by atoms with Crippen molar-refractivity contribution in [1.29, 1.82) is 5.41 Å². The summed E-state index contributed by atoms with van der Waals surface area (Å²) in [6.07, 6.45) is 3.64. The van der Waals surface area contributed by atoms with E-state index in [4.69, 9.17) is 17.6 Å². The Balaban J connectivity index is 1.66. The Morgan fingerprint density at radius 3 is 2.73 bits per heavy atom. The fourth-order valence-electron chi connectivity index (χ4n) is 3.21. The first kappa shape index (κ1) is 18.2. The van der Waals surface area contributed by atoms with Crippen LogP contribution < -0.4 is 5.43 Å². The summed E-state index contributed by atoms with van der Waals surface area (Å²) in [4.78, 5) is 6.56. The van der Waals surface area contributed by atoms with Gasteiger partial charge in [0.1, 0.15) is 12.0 Å². The minimum atomic E-state index is -0.122. The van der Waals surface area contributed by atoms with Gasteiger partial charge in [0.2, 0.25) is 0 Å². The molecule has 0 radical (unpaired) electrons. The summed E-state index contributed by atoms with van der Waals surface area (Å²) in [5.41, 5.74) is 5.92. The summed E-state index contributed by atoms with van der Waals surface area (Å²) >= 11 is 5.17. The van der Waals surface area contributed by atoms with E-state index in [1.807, 2.05) is 36.4 Å². The number of hydrogen-bond donors (Lipinski definition) is 2. The third-order valence-electron chi connectivity index (χ3n) is 4.39. The molecule has 3 rings (SSSR count). The lowest BCUT2D eigenvalue weighted by Gasteiger charge is -2.31. The molecule has 26 heavy (non-hydrogen) atoms. The average molecular weight is 366 g/mol. The van der Waals surface area contributed by atoms with E-state index < -0.39 is 0 Å². The predicted octanol–water partition coefficient (Wildman–Crippen LogP) is 3.21. The van der Waals surface area contributed by atoms with Crippen molar-refractivity contribution in [3.63, 3.8) is 0 Å². The molecule has 5 nitrogen and oxygen atoms in total. The number of nitrogens with zero attached hydrogens (tertiary/aromatic N) is 3. The maximum Gasteiger partial charge on any atom is 0.146 e. The number of thiocarbonyl (C=S) groups is 1. The number of hydrazone groups is 1. The second-order valence-electron chi connectivity index (χ2n) is 6.46. The fourth-order valence-corrected chi connectivity index (χ4v) is 3.40. The highest BCUT2D eigenvalue weighted by Crippen LogP contribution is 2.17. The van der Waals surface area contributed by atoms with Crippen LogP contribution in [0.1, 0.15) is 24.6 Å². The molecule has 1 aliphatic heterocycles. The van der Waals surface area contributed by atoms with E-state index in [0.29, 0.717) is 25.0 Å². The Hall–Kier alpha value is -2.60. The first-order valence-corrected chi connectivity index (χ1v) is 9.20. The van der Waals surface area contributed by atoms with Gasteiger partial charge in [0.05, 0.1) is 0 Å². The largest absolute Gasteiger partial charge is 0.330 e. The van der Waals surface area contributed by atoms with Crippen LogP contribution in [0.25, 0.3) is 0 Å². The average Bonchev–Trinajstić information content (AvgIpc) is 3.06. The van der Waals surface area contributed by atoms with Crippen molar-refractivity contribution in [3.05, 3.63) is 66.0 Å². The molecule has 0 saturated heterocycles. The van der Waals surface area contributed by atoms with Crippen molar-refractivity contribution in [3.8, 4) is 0 Å². The molecule has 0 fully saturated rings. The zero-order valence-electron chi connectivity index (χ0n) is 14.8. The summed E-state index contributed by atoms with van der Waals surface area (Å²) < 4.78 is 0. The Labute approximate surface area is 159 Å². The Morgan fingerprint density at radius 1 is 1.27 bits per heavy atom. The van der Waals surface area contributed by atoms with Gasteiger partial charge in [0, 0.05) is 48.3 Å². The van der Waals surface area contributed by atoms with Gasteiger partial charge in [-0.25, -0.2) is 0 Å². The lowest BCUT2D eigenvalue weighted by Crippen LogP contribution is -2.47. The number of nitrogens with one attached hydrogen (secondary N) is 2. The van der Waals surface area contributed by atoms with Crippen molar-refractivity contribution in [2.24, 2.45) is 5.10 Å². The van der Waals surface area contributed by atoms with Gasteiger partial charge in [-0.3, -0.25) is 10.4 Å². The lowest BCUT2D eigenvalue weighted by molar-refractivity contribution is 0.302. The number of hydrogen-bond acceptors (Lipinski definition) is 6. The van der Waals surface area contributed by atoms with Gasteiger partial charge in [-0.05, 0) is 24.6 Å². The van der Waals surface area contributed by atoms with Crippen LogP contribution in [0.2, 0.25) is 0 Å². The van der Waals surface area contributed by atoms with Crippen LogP contribution in [-0.2, 0) is 12.8 Å². The third kappa shape index (κ3) is 4.52. The van der Waals surface area contributed by atoms with Crippen LogP contribution in [0, 0.1) is 5.41 Å². The molecular weight excluding hydrogens is 342 g/mol. The predicted molar refractivity (Wildman–Crippen MR) is 110 cm³/mol. The molecule has 134 valence electrons. The van der Waals surface area contributed by atoms with Crippen LogP contribution in [-0.4, -0.2) is 39.0 Å². The van der Waals surface area contributed by atoms with Gasteiger partial charge in [-0.15, -0.1) is 0 Å². The van der Waals surface area contributed by atoms with E-state index in [1.165, 1.54) is 0 Å². The lowest BCUT2D eigenvalue weighted by atomic mass is 10.0. The van der Waals surface area contributed by atoms with E-state index in [-0.39, 0.29) is 12.2 Å². The summed E-state index contributed by atoms with van der Waals surface area (Å²) in [6.45, 7) is 2.12. The standard InChI is InChI=1S/C20H23N5S/c1-15(11-17(21)12-16-7-3-2-4-8-16)25-19(23-24-20(25)14-26)13-18-9-5-6-10-22-18/h2-10,14-15,20-21,24H,11-13H2,1H3. The maximum absolute atomic E-state index is 8.39. The van der Waals surface area contributed by atoms with Crippen molar-refractivity contribution in [2.75, 3.05) is 0 Å². The number of aromatic nitrogens is 1. The van der Waals surface area contributed by atoms with Gasteiger partial charge in [0.25, 0.3) is 0 Å². The minimum Gasteiger partial charge on any atom is -0.330 e. The van der Waals surface area contributed by atoms with Crippen molar-refractivity contribution in [2.45, 2.75) is 38.4 Å². The highest BCUT2D eigenvalue weighted by atomic mass is 32.1. The number of rotatable bonds is 8. The molecule has 2 N–H and O–H groups in total.